The molecule has 0 aromatic rings. The molecule has 0 unspecified atom stereocenters. The van der Waals surface area contributed by atoms with Crippen LogP contribution in [-0.4, -0.2) is 12.1 Å². The third kappa shape index (κ3) is 2.23. The average molecular weight is 144 g/mol. The van der Waals surface area contributed by atoms with Crippen LogP contribution in [0.1, 0.15) is 25.7 Å². The molecule has 3 N–H and O–H groups in total. The summed E-state index contributed by atoms with van der Waals surface area (Å²) < 4.78 is 0. The Balaban J connectivity index is 2.07. The number of carbonyl (C=O) groups excluding carboxylic acids is 1. The van der Waals surface area contributed by atoms with Crippen LogP contribution in [0.15, 0.2) is 0 Å². The molecule has 4 heteroatoms. The van der Waals surface area contributed by atoms with Crippen LogP contribution in [0.4, 0.5) is 4.79 Å². The van der Waals surface area contributed by atoms with E-state index in [9.17, 15) is 4.79 Å². The summed E-state index contributed by atoms with van der Waals surface area (Å²) in [4.78, 5) is 15.1. The Bertz CT molecular complexity index is 121. The lowest BCUT2D eigenvalue weighted by Crippen LogP contribution is -2.32. The third-order valence-electron chi connectivity index (χ3n) is 1.63. The molecule has 2 amide bonds. The van der Waals surface area contributed by atoms with Gasteiger partial charge in [0.15, 0.2) is 0 Å². The molecule has 10 heavy (non-hydrogen) atoms. The summed E-state index contributed by atoms with van der Waals surface area (Å²) in [6.45, 7) is 0. The van der Waals surface area contributed by atoms with Crippen LogP contribution in [0, 0.1) is 0 Å². The van der Waals surface area contributed by atoms with Crippen molar-refractivity contribution in [1.29, 1.82) is 0 Å². The number of nitrogens with one attached hydrogen (secondary N) is 1. The highest BCUT2D eigenvalue weighted by Gasteiger charge is 2.15. The molecule has 4 nitrogen and oxygen atoms in total. The molecule has 58 valence electrons. The molecule has 1 rings (SSSR count). The lowest BCUT2D eigenvalue weighted by atomic mass is 10.3. The minimum atomic E-state index is -0.619. The zero-order chi connectivity index (χ0) is 7.40. The molecule has 1 aliphatic carbocycles. The highest BCUT2D eigenvalue weighted by molar-refractivity contribution is 5.70. The quantitative estimate of drug-likeness (QED) is 0.555. The van der Waals surface area contributed by atoms with E-state index in [0.29, 0.717) is 0 Å². The van der Waals surface area contributed by atoms with Crippen LogP contribution in [0.25, 0.3) is 0 Å². The summed E-state index contributed by atoms with van der Waals surface area (Å²) in [5.74, 6) is 0. The molecule has 0 radical (unpaired) electrons. The number of hydrogen-bond acceptors (Lipinski definition) is 2. The molecule has 0 atom stereocenters. The van der Waals surface area contributed by atoms with Crippen LogP contribution in [0.5, 0.6) is 0 Å². The van der Waals surface area contributed by atoms with Crippen LogP contribution in [-0.2, 0) is 4.84 Å². The normalized spacial score (nSPS) is 19.2. The topological polar surface area (TPSA) is 64.4 Å². The van der Waals surface area contributed by atoms with Gasteiger partial charge >= 0.3 is 6.03 Å². The second kappa shape index (κ2) is 3.41. The minimum absolute atomic E-state index is 0.187. The molecular formula is C6H12N2O2. The summed E-state index contributed by atoms with van der Waals surface area (Å²) >= 11 is 0. The van der Waals surface area contributed by atoms with Crippen molar-refractivity contribution >= 4 is 6.03 Å². The predicted molar refractivity (Wildman–Crippen MR) is 36.1 cm³/mol. The number of nitrogens with two attached hydrogens (primary N) is 1. The lowest BCUT2D eigenvalue weighted by molar-refractivity contribution is 0.00228. The van der Waals surface area contributed by atoms with E-state index in [-0.39, 0.29) is 6.10 Å². The van der Waals surface area contributed by atoms with Crippen molar-refractivity contribution < 1.29 is 9.63 Å². The van der Waals surface area contributed by atoms with Crippen LogP contribution in [0.2, 0.25) is 0 Å². The maximum Gasteiger partial charge on any atom is 0.336 e. The standard InChI is InChI=1S/C6H12N2O2/c7-6(9)8-10-5-3-1-2-4-5/h5H,1-4H2,(H3,7,8,9). The van der Waals surface area contributed by atoms with E-state index < -0.39 is 6.03 Å². The van der Waals surface area contributed by atoms with Gasteiger partial charge in [-0.15, -0.1) is 0 Å². The van der Waals surface area contributed by atoms with Crippen LogP contribution in [0.3, 0.4) is 0 Å². The largest absolute Gasteiger partial charge is 0.350 e. The van der Waals surface area contributed by atoms with E-state index >= 15 is 0 Å². The molecule has 1 fully saturated rings. The van der Waals surface area contributed by atoms with Crippen molar-refractivity contribution in [2.75, 3.05) is 0 Å². The van der Waals surface area contributed by atoms with E-state index in [1.54, 1.807) is 0 Å². The molecule has 1 saturated carbocycles. The van der Waals surface area contributed by atoms with Gasteiger partial charge in [0.25, 0.3) is 0 Å². The Morgan fingerprint density at radius 3 is 2.60 bits per heavy atom. The monoisotopic (exact) mass is 144 g/mol. The zero-order valence-corrected chi connectivity index (χ0v) is 5.80. The maximum atomic E-state index is 10.1. The molecule has 0 heterocycles. The molecule has 0 bridgehead atoms. The number of urea groups is 1. The van der Waals surface area contributed by atoms with Gasteiger partial charge in [-0.25, -0.2) is 10.3 Å². The summed E-state index contributed by atoms with van der Waals surface area (Å²) in [6, 6.07) is -0.619. The van der Waals surface area contributed by atoms with Crippen LogP contribution < -0.4 is 11.2 Å². The molecule has 1 aliphatic rings. The number of rotatable bonds is 2. The molecule has 0 spiro atoms. The van der Waals surface area contributed by atoms with E-state index in [1.165, 1.54) is 12.8 Å². The Morgan fingerprint density at radius 1 is 1.50 bits per heavy atom. The van der Waals surface area contributed by atoms with Gasteiger partial charge in [0.1, 0.15) is 0 Å². The summed E-state index contributed by atoms with van der Waals surface area (Å²) in [6.07, 6.45) is 4.61. The third-order valence-corrected chi connectivity index (χ3v) is 1.63. The van der Waals surface area contributed by atoms with E-state index in [0.717, 1.165) is 12.8 Å². The Kier molecular flexibility index (Phi) is 2.50. The van der Waals surface area contributed by atoms with E-state index in [2.05, 4.69) is 5.48 Å². The van der Waals surface area contributed by atoms with Crippen LogP contribution >= 0.6 is 0 Å². The number of hydrogen-bond donors (Lipinski definition) is 2. The molecule has 0 aromatic carbocycles. The van der Waals surface area contributed by atoms with Gasteiger partial charge in [-0.05, 0) is 12.8 Å². The fourth-order valence-corrected chi connectivity index (χ4v) is 1.15. The molecular weight excluding hydrogens is 132 g/mol. The van der Waals surface area contributed by atoms with Crippen molar-refractivity contribution in [3.63, 3.8) is 0 Å². The predicted octanol–water partition coefficient (Wildman–Crippen LogP) is 0.529. The average Bonchev–Trinajstić information content (AvgIpc) is 2.34. The number of carbonyl (C=O) groups is 1. The first-order valence-electron chi connectivity index (χ1n) is 3.50. The van der Waals surface area contributed by atoms with Crippen molar-refractivity contribution in [1.82, 2.24) is 5.48 Å². The van der Waals surface area contributed by atoms with Crippen molar-refractivity contribution in [3.05, 3.63) is 0 Å². The van der Waals surface area contributed by atoms with Gasteiger partial charge in [0.2, 0.25) is 0 Å². The highest BCUT2D eigenvalue weighted by atomic mass is 16.7. The van der Waals surface area contributed by atoms with Gasteiger partial charge < -0.3 is 5.73 Å². The first-order valence-corrected chi connectivity index (χ1v) is 3.50. The SMILES string of the molecule is NC(=O)NOC1CCCC1. The molecule has 0 aliphatic heterocycles. The second-order valence-electron chi connectivity index (χ2n) is 2.49. The Morgan fingerprint density at radius 2 is 2.10 bits per heavy atom. The Labute approximate surface area is 59.7 Å². The molecule has 0 saturated heterocycles. The van der Waals surface area contributed by atoms with Gasteiger partial charge in [0, 0.05) is 0 Å². The zero-order valence-electron chi connectivity index (χ0n) is 5.80. The van der Waals surface area contributed by atoms with Gasteiger partial charge in [-0.3, -0.25) is 4.84 Å². The summed E-state index contributed by atoms with van der Waals surface area (Å²) in [5.41, 5.74) is 6.92. The molecule has 0 aromatic heterocycles. The van der Waals surface area contributed by atoms with Crippen molar-refractivity contribution in [2.45, 2.75) is 31.8 Å². The van der Waals surface area contributed by atoms with Gasteiger partial charge in [-0.1, -0.05) is 12.8 Å². The summed E-state index contributed by atoms with van der Waals surface area (Å²) in [5, 5.41) is 0. The van der Waals surface area contributed by atoms with E-state index in [1.807, 2.05) is 0 Å². The number of hydroxylamine groups is 1. The van der Waals surface area contributed by atoms with Gasteiger partial charge in [-0.2, -0.15) is 0 Å². The highest BCUT2D eigenvalue weighted by Crippen LogP contribution is 2.19. The minimum Gasteiger partial charge on any atom is -0.350 e. The van der Waals surface area contributed by atoms with Crippen molar-refractivity contribution in [3.8, 4) is 0 Å². The number of amides is 2. The lowest BCUT2D eigenvalue weighted by Gasteiger charge is -2.08. The van der Waals surface area contributed by atoms with Crippen molar-refractivity contribution in [2.24, 2.45) is 5.73 Å². The summed E-state index contributed by atoms with van der Waals surface area (Å²) in [7, 11) is 0. The van der Waals surface area contributed by atoms with Gasteiger partial charge in [0.05, 0.1) is 6.10 Å². The van der Waals surface area contributed by atoms with E-state index in [4.69, 9.17) is 10.6 Å². The number of primary amides is 1. The second-order valence-corrected chi connectivity index (χ2v) is 2.49. The fraction of sp³-hybridized carbons (Fsp3) is 0.833. The first kappa shape index (κ1) is 7.34. The Hall–Kier alpha value is -0.770. The fourth-order valence-electron chi connectivity index (χ4n) is 1.15. The smallest absolute Gasteiger partial charge is 0.336 e. The first-order chi connectivity index (χ1) is 4.79. The maximum absolute atomic E-state index is 10.1.